The van der Waals surface area contributed by atoms with E-state index in [0.29, 0.717) is 29.8 Å². The van der Waals surface area contributed by atoms with Crippen molar-refractivity contribution in [3.63, 3.8) is 0 Å². The van der Waals surface area contributed by atoms with Crippen LogP contribution in [0.5, 0.6) is 0 Å². The summed E-state index contributed by atoms with van der Waals surface area (Å²) in [5.74, 6) is -0.328. The number of anilines is 1. The fraction of sp³-hybridized carbons (Fsp3) is 0.476. The maximum atomic E-state index is 12.5. The number of nitrogens with zero attached hydrogens (tertiary/aromatic N) is 2. The van der Waals surface area contributed by atoms with Gasteiger partial charge in [-0.2, -0.15) is 5.10 Å². The van der Waals surface area contributed by atoms with E-state index < -0.39 is 18.0 Å². The number of carbonyl (C=O) groups is 2. The molecule has 152 valence electrons. The van der Waals surface area contributed by atoms with Crippen LogP contribution in [-0.4, -0.2) is 27.8 Å². The van der Waals surface area contributed by atoms with E-state index in [1.54, 1.807) is 11.6 Å². The van der Waals surface area contributed by atoms with Gasteiger partial charge in [0.2, 0.25) is 0 Å². The molecule has 1 atom stereocenters. The quantitative estimate of drug-likeness (QED) is 0.671. The highest BCUT2D eigenvalue weighted by atomic mass is 35.5. The zero-order valence-electron chi connectivity index (χ0n) is 17.2. The Morgan fingerprint density at radius 2 is 1.75 bits per heavy atom. The van der Waals surface area contributed by atoms with Crippen molar-refractivity contribution in [3.8, 4) is 0 Å². The topological polar surface area (TPSA) is 73.2 Å². The van der Waals surface area contributed by atoms with E-state index in [-0.39, 0.29) is 10.7 Å². The predicted octanol–water partition coefficient (Wildman–Crippen LogP) is 4.81. The molecule has 0 saturated heterocycles. The van der Waals surface area contributed by atoms with Crippen LogP contribution >= 0.6 is 11.6 Å². The molecule has 1 N–H and O–H groups in total. The lowest BCUT2D eigenvalue weighted by atomic mass is 10.0. The number of aryl methyl sites for hydroxylation is 1. The minimum absolute atomic E-state index is 0.197. The summed E-state index contributed by atoms with van der Waals surface area (Å²) >= 11 is 6.30. The summed E-state index contributed by atoms with van der Waals surface area (Å²) in [7, 11) is 0. The third kappa shape index (κ3) is 5.35. The highest BCUT2D eigenvalue weighted by Crippen LogP contribution is 2.23. The highest BCUT2D eigenvalue weighted by molar-refractivity contribution is 6.32. The molecule has 0 bridgehead atoms. The standard InChI is InChI=1S/C21H28ClN3O3/c1-12(2)11-25-19(22)18(14(5)24-25)21(27)28-15(6)20(26)23-17-9-7-16(8-10-17)13(3)4/h7-10,12-13,15H,11H2,1-6H3,(H,23,26)/t15-/m1/s1. The lowest BCUT2D eigenvalue weighted by molar-refractivity contribution is -0.123. The molecule has 28 heavy (non-hydrogen) atoms. The van der Waals surface area contributed by atoms with Gasteiger partial charge in [0.05, 0.1) is 5.69 Å². The molecule has 2 rings (SSSR count). The zero-order valence-corrected chi connectivity index (χ0v) is 18.0. The van der Waals surface area contributed by atoms with Gasteiger partial charge in [0.15, 0.2) is 6.10 Å². The average Bonchev–Trinajstić information content (AvgIpc) is 2.88. The van der Waals surface area contributed by atoms with E-state index in [1.807, 2.05) is 38.1 Å². The number of aromatic nitrogens is 2. The third-order valence-electron chi connectivity index (χ3n) is 4.31. The van der Waals surface area contributed by atoms with Gasteiger partial charge in [-0.3, -0.25) is 9.48 Å². The second kappa shape index (κ2) is 9.24. The highest BCUT2D eigenvalue weighted by Gasteiger charge is 2.26. The molecule has 0 saturated carbocycles. The van der Waals surface area contributed by atoms with Gasteiger partial charge in [0, 0.05) is 12.2 Å². The number of halogens is 1. The first-order valence-electron chi connectivity index (χ1n) is 9.44. The summed E-state index contributed by atoms with van der Waals surface area (Å²) < 4.78 is 6.91. The Balaban J connectivity index is 2.03. The van der Waals surface area contributed by atoms with Crippen molar-refractivity contribution in [2.75, 3.05) is 5.32 Å². The predicted molar refractivity (Wildman–Crippen MR) is 111 cm³/mol. The van der Waals surface area contributed by atoms with E-state index in [1.165, 1.54) is 12.5 Å². The fourth-order valence-corrected chi connectivity index (χ4v) is 3.04. The van der Waals surface area contributed by atoms with E-state index in [4.69, 9.17) is 16.3 Å². The van der Waals surface area contributed by atoms with Crippen LogP contribution in [-0.2, 0) is 16.1 Å². The maximum Gasteiger partial charge on any atom is 0.343 e. The van der Waals surface area contributed by atoms with Gasteiger partial charge in [-0.15, -0.1) is 0 Å². The molecule has 1 amide bonds. The van der Waals surface area contributed by atoms with Crippen molar-refractivity contribution >= 4 is 29.2 Å². The smallest absolute Gasteiger partial charge is 0.343 e. The van der Waals surface area contributed by atoms with Crippen molar-refractivity contribution in [3.05, 3.63) is 46.2 Å². The second-order valence-corrected chi connectivity index (χ2v) is 8.00. The van der Waals surface area contributed by atoms with Gasteiger partial charge in [-0.1, -0.05) is 51.4 Å². The first kappa shape index (κ1) is 22.0. The summed E-state index contributed by atoms with van der Waals surface area (Å²) in [6, 6.07) is 7.59. The third-order valence-corrected chi connectivity index (χ3v) is 4.69. The van der Waals surface area contributed by atoms with Crippen molar-refractivity contribution in [1.82, 2.24) is 9.78 Å². The van der Waals surface area contributed by atoms with Crippen LogP contribution in [0, 0.1) is 12.8 Å². The van der Waals surface area contributed by atoms with Gasteiger partial charge in [-0.25, -0.2) is 4.79 Å². The van der Waals surface area contributed by atoms with Crippen LogP contribution in [0.15, 0.2) is 24.3 Å². The van der Waals surface area contributed by atoms with Gasteiger partial charge >= 0.3 is 5.97 Å². The number of benzene rings is 1. The van der Waals surface area contributed by atoms with Crippen LogP contribution in [0.2, 0.25) is 5.15 Å². The van der Waals surface area contributed by atoms with Gasteiger partial charge < -0.3 is 10.1 Å². The Labute approximate surface area is 171 Å². The number of amides is 1. The van der Waals surface area contributed by atoms with Crippen LogP contribution in [0.4, 0.5) is 5.69 Å². The molecule has 7 heteroatoms. The van der Waals surface area contributed by atoms with Crippen LogP contribution in [0.25, 0.3) is 0 Å². The monoisotopic (exact) mass is 405 g/mol. The van der Waals surface area contributed by atoms with Crippen molar-refractivity contribution < 1.29 is 14.3 Å². The number of hydrogen-bond donors (Lipinski definition) is 1. The molecular weight excluding hydrogens is 378 g/mol. The Kier molecular flexibility index (Phi) is 7.24. The molecule has 1 heterocycles. The van der Waals surface area contributed by atoms with Gasteiger partial charge in [0.25, 0.3) is 5.91 Å². The molecule has 0 radical (unpaired) electrons. The number of carbonyl (C=O) groups excluding carboxylic acids is 2. The minimum Gasteiger partial charge on any atom is -0.449 e. The SMILES string of the molecule is Cc1nn(CC(C)C)c(Cl)c1C(=O)O[C@H](C)C(=O)Nc1ccc(C(C)C)cc1. The zero-order chi connectivity index (χ0) is 21.0. The van der Waals surface area contributed by atoms with Crippen LogP contribution in [0.3, 0.4) is 0 Å². The summed E-state index contributed by atoms with van der Waals surface area (Å²) in [6.45, 7) is 12.1. The van der Waals surface area contributed by atoms with Crippen molar-refractivity contribution in [2.24, 2.45) is 5.92 Å². The molecule has 1 aromatic carbocycles. The minimum atomic E-state index is -0.971. The van der Waals surface area contributed by atoms with Gasteiger partial charge in [-0.05, 0) is 43.4 Å². The number of nitrogens with one attached hydrogen (secondary N) is 1. The molecular formula is C21H28ClN3O3. The number of hydrogen-bond acceptors (Lipinski definition) is 4. The normalized spacial score (nSPS) is 12.3. The van der Waals surface area contributed by atoms with Crippen molar-refractivity contribution in [1.29, 1.82) is 0 Å². The number of ether oxygens (including phenoxy) is 1. The lowest BCUT2D eigenvalue weighted by Crippen LogP contribution is -2.30. The summed E-state index contributed by atoms with van der Waals surface area (Å²) in [6.07, 6.45) is -0.971. The first-order chi connectivity index (χ1) is 13.1. The Bertz CT molecular complexity index is 841. The molecule has 1 aromatic heterocycles. The molecule has 0 aliphatic heterocycles. The van der Waals surface area contributed by atoms with Gasteiger partial charge in [0.1, 0.15) is 10.7 Å². The lowest BCUT2D eigenvalue weighted by Gasteiger charge is -2.14. The largest absolute Gasteiger partial charge is 0.449 e. The molecule has 0 unspecified atom stereocenters. The number of esters is 1. The first-order valence-corrected chi connectivity index (χ1v) is 9.82. The molecule has 0 aliphatic rings. The van der Waals surface area contributed by atoms with E-state index in [9.17, 15) is 9.59 Å². The second-order valence-electron chi connectivity index (χ2n) is 7.64. The molecule has 6 nitrogen and oxygen atoms in total. The Morgan fingerprint density at radius 3 is 2.29 bits per heavy atom. The maximum absolute atomic E-state index is 12.5. The fourth-order valence-electron chi connectivity index (χ4n) is 2.72. The van der Waals surface area contributed by atoms with Crippen LogP contribution in [0.1, 0.15) is 62.2 Å². The summed E-state index contributed by atoms with van der Waals surface area (Å²) in [4.78, 5) is 24.9. The van der Waals surface area contributed by atoms with Crippen LogP contribution < -0.4 is 5.32 Å². The van der Waals surface area contributed by atoms with Crippen molar-refractivity contribution in [2.45, 2.75) is 60.1 Å². The van der Waals surface area contributed by atoms with E-state index >= 15 is 0 Å². The van der Waals surface area contributed by atoms with E-state index in [0.717, 1.165) is 0 Å². The Hall–Kier alpha value is -2.34. The summed E-state index contributed by atoms with van der Waals surface area (Å²) in [5.41, 5.74) is 2.51. The average molecular weight is 406 g/mol. The molecule has 0 aliphatic carbocycles. The molecule has 2 aromatic rings. The number of rotatable bonds is 7. The Morgan fingerprint density at radius 1 is 1.14 bits per heavy atom. The molecule has 0 spiro atoms. The van der Waals surface area contributed by atoms with E-state index in [2.05, 4.69) is 24.3 Å². The molecule has 0 fully saturated rings. The summed E-state index contributed by atoms with van der Waals surface area (Å²) in [5, 5.41) is 7.28.